The Morgan fingerprint density at radius 2 is 2.00 bits per heavy atom. The molecule has 27 heavy (non-hydrogen) atoms. The first-order valence-corrected chi connectivity index (χ1v) is 8.72. The highest BCUT2D eigenvalue weighted by molar-refractivity contribution is 6.35. The summed E-state index contributed by atoms with van der Waals surface area (Å²) in [6.45, 7) is 4.10. The van der Waals surface area contributed by atoms with Gasteiger partial charge in [0.15, 0.2) is 5.82 Å². The normalized spacial score (nSPS) is 10.9. The fraction of sp³-hybridized carbons (Fsp3) is 0.0500. The van der Waals surface area contributed by atoms with E-state index >= 15 is 0 Å². The van der Waals surface area contributed by atoms with Crippen LogP contribution in [0.1, 0.15) is 0 Å². The summed E-state index contributed by atoms with van der Waals surface area (Å²) < 4.78 is 0. The molecular formula is C20H16ClN5O. The van der Waals surface area contributed by atoms with Gasteiger partial charge in [-0.25, -0.2) is 4.98 Å². The van der Waals surface area contributed by atoms with E-state index in [4.69, 9.17) is 11.6 Å². The number of nitrogens with one attached hydrogen (secondary N) is 3. The van der Waals surface area contributed by atoms with Crippen LogP contribution in [0.25, 0.3) is 33.4 Å². The number of aromatic amines is 2. The first-order chi connectivity index (χ1) is 13.2. The maximum Gasteiger partial charge on any atom is 0.291 e. The fourth-order valence-electron chi connectivity index (χ4n) is 2.91. The predicted octanol–water partition coefficient (Wildman–Crippen LogP) is 4.23. The molecule has 3 N–H and O–H groups in total. The lowest BCUT2D eigenvalue weighted by Crippen LogP contribution is -2.18. The third-order valence-corrected chi connectivity index (χ3v) is 4.46. The second-order valence-electron chi connectivity index (χ2n) is 5.97. The molecule has 0 spiro atoms. The lowest BCUT2D eigenvalue weighted by Gasteiger charge is -2.12. The number of halogens is 1. The Hall–Kier alpha value is -3.38. The van der Waals surface area contributed by atoms with E-state index in [9.17, 15) is 4.79 Å². The highest BCUT2D eigenvalue weighted by Gasteiger charge is 2.16. The summed E-state index contributed by atoms with van der Waals surface area (Å²) >= 11 is 6.38. The molecule has 4 rings (SSSR count). The Labute approximate surface area is 159 Å². The summed E-state index contributed by atoms with van der Waals surface area (Å²) in [5.74, 6) is 0.244. The molecule has 2 heterocycles. The van der Waals surface area contributed by atoms with Gasteiger partial charge in [-0.05, 0) is 12.1 Å². The van der Waals surface area contributed by atoms with Crippen molar-refractivity contribution in [3.05, 3.63) is 76.7 Å². The third-order valence-electron chi connectivity index (χ3n) is 4.16. The number of rotatable bonds is 5. The maximum absolute atomic E-state index is 12.5. The Morgan fingerprint density at radius 3 is 2.78 bits per heavy atom. The number of benzene rings is 2. The van der Waals surface area contributed by atoms with Crippen molar-refractivity contribution in [3.8, 4) is 22.5 Å². The number of hydrogen-bond acceptors (Lipinski definition) is 4. The topological polar surface area (TPSA) is 86.5 Å². The highest BCUT2D eigenvalue weighted by Crippen LogP contribution is 2.33. The number of nitrogens with zero attached hydrogens (tertiary/aromatic N) is 2. The van der Waals surface area contributed by atoms with Crippen molar-refractivity contribution >= 4 is 28.3 Å². The van der Waals surface area contributed by atoms with Gasteiger partial charge in [0.05, 0.1) is 28.1 Å². The van der Waals surface area contributed by atoms with Gasteiger partial charge in [-0.3, -0.25) is 9.89 Å². The molecule has 0 unspecified atom stereocenters. The van der Waals surface area contributed by atoms with E-state index in [2.05, 4.69) is 32.1 Å². The summed E-state index contributed by atoms with van der Waals surface area (Å²) in [4.78, 5) is 20.1. The summed E-state index contributed by atoms with van der Waals surface area (Å²) in [6, 6.07) is 13.4. The molecule has 2 aromatic heterocycles. The first kappa shape index (κ1) is 17.1. The molecule has 0 atom stereocenters. The van der Waals surface area contributed by atoms with E-state index in [-0.39, 0.29) is 11.4 Å². The molecule has 0 aliphatic rings. The van der Waals surface area contributed by atoms with Crippen molar-refractivity contribution in [2.45, 2.75) is 0 Å². The summed E-state index contributed by atoms with van der Waals surface area (Å²) in [7, 11) is 0. The van der Waals surface area contributed by atoms with Gasteiger partial charge >= 0.3 is 0 Å². The minimum Gasteiger partial charge on any atom is -0.362 e. The quantitative estimate of drug-likeness (QED) is 0.454. The van der Waals surface area contributed by atoms with Crippen LogP contribution in [-0.2, 0) is 0 Å². The van der Waals surface area contributed by atoms with Gasteiger partial charge in [0.1, 0.15) is 0 Å². The van der Waals surface area contributed by atoms with Gasteiger partial charge in [-0.1, -0.05) is 48.0 Å². The lowest BCUT2D eigenvalue weighted by atomic mass is 10.0. The van der Waals surface area contributed by atoms with E-state index in [1.54, 1.807) is 18.3 Å². The van der Waals surface area contributed by atoms with E-state index < -0.39 is 0 Å². The molecule has 0 bridgehead atoms. The zero-order chi connectivity index (χ0) is 18.8. The minimum absolute atomic E-state index is 0.244. The van der Waals surface area contributed by atoms with Crippen LogP contribution in [-0.4, -0.2) is 26.7 Å². The van der Waals surface area contributed by atoms with Gasteiger partial charge < -0.3 is 10.3 Å². The molecule has 0 aliphatic carbocycles. The predicted molar refractivity (Wildman–Crippen MR) is 109 cm³/mol. The number of fused-ring (bicyclic) bond motifs is 1. The molecule has 0 fully saturated rings. The number of hydrogen-bond donors (Lipinski definition) is 3. The molecule has 0 aliphatic heterocycles. The number of H-pyrrole nitrogens is 2. The number of anilines is 1. The summed E-state index contributed by atoms with van der Waals surface area (Å²) in [5, 5.41) is 11.2. The van der Waals surface area contributed by atoms with Gasteiger partial charge in [0.2, 0.25) is 0 Å². The smallest absolute Gasteiger partial charge is 0.291 e. The Kier molecular flexibility index (Phi) is 4.48. The molecule has 7 heteroatoms. The van der Waals surface area contributed by atoms with Gasteiger partial charge in [0, 0.05) is 23.1 Å². The van der Waals surface area contributed by atoms with Crippen LogP contribution in [0.2, 0.25) is 5.02 Å². The van der Waals surface area contributed by atoms with Crippen LogP contribution >= 0.6 is 11.6 Å². The molecule has 0 radical (unpaired) electrons. The van der Waals surface area contributed by atoms with Gasteiger partial charge in [0.25, 0.3) is 5.56 Å². The van der Waals surface area contributed by atoms with Crippen LogP contribution < -0.4 is 10.9 Å². The number of aromatic nitrogens is 4. The SMILES string of the molecule is C=CCNc1nc(-c2ccccc2)c(-c2cc(Cl)c3[nH]ncc3c2)[nH]c1=O. The second-order valence-corrected chi connectivity index (χ2v) is 6.37. The standard InChI is InChI=1S/C20H16ClN5O/c1-2-8-22-19-20(27)25-18(17(24-19)12-6-4-3-5-7-12)13-9-14-11-23-26-16(14)15(21)10-13/h2-7,9-11H,1,8H2,(H,22,24)(H,23,26)(H,25,27). The van der Waals surface area contributed by atoms with Gasteiger partial charge in [-0.15, -0.1) is 6.58 Å². The molecule has 4 aromatic rings. The third kappa shape index (κ3) is 3.22. The van der Waals surface area contributed by atoms with Crippen molar-refractivity contribution in [1.29, 1.82) is 0 Å². The van der Waals surface area contributed by atoms with E-state index in [1.165, 1.54) is 0 Å². The van der Waals surface area contributed by atoms with Crippen LogP contribution in [0.4, 0.5) is 5.82 Å². The zero-order valence-electron chi connectivity index (χ0n) is 14.3. The molecule has 0 saturated heterocycles. The molecule has 2 aromatic carbocycles. The molecular weight excluding hydrogens is 362 g/mol. The van der Waals surface area contributed by atoms with Crippen LogP contribution in [0.3, 0.4) is 0 Å². The fourth-order valence-corrected chi connectivity index (χ4v) is 3.18. The van der Waals surface area contributed by atoms with E-state index in [0.29, 0.717) is 23.0 Å². The zero-order valence-corrected chi connectivity index (χ0v) is 15.0. The average molecular weight is 378 g/mol. The molecule has 0 amide bonds. The minimum atomic E-state index is -0.310. The highest BCUT2D eigenvalue weighted by atomic mass is 35.5. The lowest BCUT2D eigenvalue weighted by molar-refractivity contribution is 1.12. The maximum atomic E-state index is 12.5. The van der Waals surface area contributed by atoms with E-state index in [1.807, 2.05) is 36.4 Å². The van der Waals surface area contributed by atoms with Gasteiger partial charge in [-0.2, -0.15) is 5.10 Å². The molecule has 134 valence electrons. The monoisotopic (exact) mass is 377 g/mol. The Bertz CT molecular complexity index is 1180. The summed E-state index contributed by atoms with van der Waals surface area (Å²) in [6.07, 6.45) is 3.36. The van der Waals surface area contributed by atoms with Crippen molar-refractivity contribution in [3.63, 3.8) is 0 Å². The van der Waals surface area contributed by atoms with Crippen molar-refractivity contribution < 1.29 is 0 Å². The van der Waals surface area contributed by atoms with Crippen molar-refractivity contribution in [2.24, 2.45) is 0 Å². The van der Waals surface area contributed by atoms with Crippen LogP contribution in [0.5, 0.6) is 0 Å². The van der Waals surface area contributed by atoms with Crippen LogP contribution in [0.15, 0.2) is 66.1 Å². The Balaban J connectivity index is 1.96. The molecule has 6 nitrogen and oxygen atoms in total. The van der Waals surface area contributed by atoms with Crippen LogP contribution in [0, 0.1) is 0 Å². The second kappa shape index (κ2) is 7.09. The Morgan fingerprint density at radius 1 is 1.19 bits per heavy atom. The van der Waals surface area contributed by atoms with E-state index in [0.717, 1.165) is 22.0 Å². The average Bonchev–Trinajstić information content (AvgIpc) is 3.17. The molecule has 0 saturated carbocycles. The first-order valence-electron chi connectivity index (χ1n) is 8.35. The largest absolute Gasteiger partial charge is 0.362 e. The summed E-state index contributed by atoms with van der Waals surface area (Å²) in [5.41, 5.74) is 3.33. The van der Waals surface area contributed by atoms with Crippen molar-refractivity contribution in [1.82, 2.24) is 20.2 Å². The van der Waals surface area contributed by atoms with Crippen molar-refractivity contribution in [2.75, 3.05) is 11.9 Å².